The number of halogens is 3. The van der Waals surface area contributed by atoms with Gasteiger partial charge < -0.3 is 5.32 Å². The molecule has 0 unspecified atom stereocenters. The Bertz CT molecular complexity index is 744. The second-order valence-electron chi connectivity index (χ2n) is 6.30. The zero-order valence-electron chi connectivity index (χ0n) is 13.6. The molecule has 0 saturated carbocycles. The van der Waals surface area contributed by atoms with E-state index in [0.29, 0.717) is 10.0 Å². The van der Waals surface area contributed by atoms with Crippen LogP contribution in [0.3, 0.4) is 0 Å². The van der Waals surface area contributed by atoms with Crippen molar-refractivity contribution in [1.29, 1.82) is 0 Å². The number of hydrogen-bond acceptors (Lipinski definition) is 2. The predicted molar refractivity (Wildman–Crippen MR) is 112 cm³/mol. The van der Waals surface area contributed by atoms with Crippen molar-refractivity contribution in [2.45, 2.75) is 19.4 Å². The van der Waals surface area contributed by atoms with Crippen LogP contribution in [0.5, 0.6) is 0 Å². The molecule has 1 aliphatic heterocycles. The summed E-state index contributed by atoms with van der Waals surface area (Å²) in [6.45, 7) is 2.65. The van der Waals surface area contributed by atoms with Gasteiger partial charge in [0.15, 0.2) is 0 Å². The molecule has 1 aliphatic rings. The van der Waals surface area contributed by atoms with Crippen molar-refractivity contribution < 1.29 is 4.79 Å². The molecule has 132 valence electrons. The van der Waals surface area contributed by atoms with Crippen LogP contribution < -0.4 is 5.32 Å². The first kappa shape index (κ1) is 19.0. The fourth-order valence-electron chi connectivity index (χ4n) is 3.03. The van der Waals surface area contributed by atoms with Crippen molar-refractivity contribution in [3.05, 3.63) is 61.6 Å². The molecule has 0 radical (unpaired) electrons. The van der Waals surface area contributed by atoms with Crippen molar-refractivity contribution >= 4 is 57.4 Å². The van der Waals surface area contributed by atoms with Gasteiger partial charge in [-0.25, -0.2) is 0 Å². The van der Waals surface area contributed by atoms with Crippen molar-refractivity contribution in [3.63, 3.8) is 0 Å². The fourth-order valence-corrected chi connectivity index (χ4v) is 3.71. The summed E-state index contributed by atoms with van der Waals surface area (Å²) in [5.74, 6) is 0.194. The normalized spacial score (nSPS) is 16.0. The first-order valence-electron chi connectivity index (χ1n) is 8.24. The number of benzene rings is 2. The molecule has 6 heteroatoms. The highest BCUT2D eigenvalue weighted by Crippen LogP contribution is 2.25. The van der Waals surface area contributed by atoms with Gasteiger partial charge in [-0.05, 0) is 90.5 Å². The second kappa shape index (κ2) is 8.71. The van der Waals surface area contributed by atoms with E-state index in [0.717, 1.165) is 47.3 Å². The van der Waals surface area contributed by atoms with E-state index in [9.17, 15) is 4.79 Å². The molecule has 1 amide bonds. The molecule has 1 saturated heterocycles. The third-order valence-electron chi connectivity index (χ3n) is 4.46. The molecule has 25 heavy (non-hydrogen) atoms. The number of nitrogens with one attached hydrogen (secondary N) is 1. The summed E-state index contributed by atoms with van der Waals surface area (Å²) in [5, 5.41) is 4.19. The van der Waals surface area contributed by atoms with E-state index >= 15 is 0 Å². The van der Waals surface area contributed by atoms with E-state index < -0.39 is 0 Å². The third kappa shape index (κ3) is 5.33. The zero-order valence-corrected chi connectivity index (χ0v) is 17.3. The molecular weight excluding hydrogens is 470 g/mol. The number of hydrogen-bond donors (Lipinski definition) is 1. The van der Waals surface area contributed by atoms with E-state index in [2.05, 4.69) is 32.8 Å². The average molecular weight is 489 g/mol. The highest BCUT2D eigenvalue weighted by molar-refractivity contribution is 14.1. The number of rotatable bonds is 4. The average Bonchev–Trinajstić information content (AvgIpc) is 2.61. The van der Waals surface area contributed by atoms with E-state index in [1.807, 2.05) is 42.5 Å². The highest BCUT2D eigenvalue weighted by Gasteiger charge is 2.25. The van der Waals surface area contributed by atoms with Crippen molar-refractivity contribution in [1.82, 2.24) is 4.90 Å². The van der Waals surface area contributed by atoms with Crippen LogP contribution in [0.1, 0.15) is 18.4 Å². The first-order chi connectivity index (χ1) is 12.0. The molecule has 1 fully saturated rings. The summed E-state index contributed by atoms with van der Waals surface area (Å²) < 4.78 is 1.16. The van der Waals surface area contributed by atoms with Crippen molar-refractivity contribution in [2.75, 3.05) is 18.4 Å². The van der Waals surface area contributed by atoms with Crippen LogP contribution >= 0.6 is 45.8 Å². The van der Waals surface area contributed by atoms with Crippen molar-refractivity contribution in [2.24, 2.45) is 5.92 Å². The maximum absolute atomic E-state index is 12.4. The largest absolute Gasteiger partial charge is 0.326 e. The van der Waals surface area contributed by atoms with E-state index in [1.165, 1.54) is 0 Å². The first-order valence-corrected chi connectivity index (χ1v) is 10.1. The van der Waals surface area contributed by atoms with E-state index in [4.69, 9.17) is 23.2 Å². The van der Waals surface area contributed by atoms with Crippen LogP contribution in [0, 0.1) is 9.49 Å². The molecular formula is C19H19Cl2IN2O. The quantitative estimate of drug-likeness (QED) is 0.580. The third-order valence-corrected chi connectivity index (χ3v) is 5.92. The number of likely N-dealkylation sites (tertiary alicyclic amines) is 1. The number of nitrogens with zero attached hydrogens (tertiary/aromatic N) is 1. The van der Waals surface area contributed by atoms with Gasteiger partial charge in [-0.15, -0.1) is 0 Å². The summed E-state index contributed by atoms with van der Waals surface area (Å²) in [6, 6.07) is 13.6. The smallest absolute Gasteiger partial charge is 0.227 e. The van der Waals surface area contributed by atoms with E-state index in [1.54, 1.807) is 0 Å². The fraction of sp³-hybridized carbons (Fsp3) is 0.316. The van der Waals surface area contributed by atoms with Crippen LogP contribution in [0.2, 0.25) is 10.0 Å². The summed E-state index contributed by atoms with van der Waals surface area (Å²) >= 11 is 14.3. The molecule has 3 nitrogen and oxygen atoms in total. The molecule has 0 atom stereocenters. The number of anilines is 1. The Balaban J connectivity index is 1.50. The van der Waals surface area contributed by atoms with Gasteiger partial charge in [0.25, 0.3) is 0 Å². The summed E-state index contributed by atoms with van der Waals surface area (Å²) in [4.78, 5) is 14.8. The lowest BCUT2D eigenvalue weighted by atomic mass is 9.95. The molecule has 2 aromatic carbocycles. The topological polar surface area (TPSA) is 32.3 Å². The number of carbonyl (C=O) groups is 1. The summed E-state index contributed by atoms with van der Waals surface area (Å²) in [7, 11) is 0. The van der Waals surface area contributed by atoms with Gasteiger partial charge in [0.05, 0.1) is 10.0 Å². The Morgan fingerprint density at radius 3 is 2.40 bits per heavy atom. The van der Waals surface area contributed by atoms with Gasteiger partial charge >= 0.3 is 0 Å². The molecule has 3 rings (SSSR count). The monoisotopic (exact) mass is 488 g/mol. The van der Waals surface area contributed by atoms with Gasteiger partial charge in [0.2, 0.25) is 5.91 Å². The molecule has 0 spiro atoms. The lowest BCUT2D eigenvalue weighted by Gasteiger charge is -2.31. The van der Waals surface area contributed by atoms with Gasteiger partial charge in [-0.3, -0.25) is 9.69 Å². The SMILES string of the molecule is O=C(Nc1ccc(I)cc1)C1CCN(Cc2ccc(Cl)c(Cl)c2)CC1. The second-order valence-corrected chi connectivity index (χ2v) is 8.36. The molecule has 0 bridgehead atoms. The summed E-state index contributed by atoms with van der Waals surface area (Å²) in [6.07, 6.45) is 1.75. The maximum atomic E-state index is 12.4. The van der Waals surface area contributed by atoms with Crippen LogP contribution in [-0.4, -0.2) is 23.9 Å². The van der Waals surface area contributed by atoms with Gasteiger partial charge in [-0.2, -0.15) is 0 Å². The predicted octanol–water partition coefficient (Wildman–Crippen LogP) is 5.45. The van der Waals surface area contributed by atoms with Gasteiger partial charge in [0.1, 0.15) is 0 Å². The Hall–Kier alpha value is -0.820. The molecule has 1 heterocycles. The molecule has 0 aromatic heterocycles. The van der Waals surface area contributed by atoms with Crippen molar-refractivity contribution in [3.8, 4) is 0 Å². The minimum Gasteiger partial charge on any atom is -0.326 e. The maximum Gasteiger partial charge on any atom is 0.227 e. The number of amides is 1. The van der Waals surface area contributed by atoms with Crippen LogP contribution in [0.25, 0.3) is 0 Å². The lowest BCUT2D eigenvalue weighted by Crippen LogP contribution is -2.37. The Labute approximate surface area is 171 Å². The lowest BCUT2D eigenvalue weighted by molar-refractivity contribution is -0.121. The highest BCUT2D eigenvalue weighted by atomic mass is 127. The van der Waals surface area contributed by atoms with Gasteiger partial charge in [-0.1, -0.05) is 29.3 Å². The zero-order chi connectivity index (χ0) is 17.8. The Morgan fingerprint density at radius 1 is 1.08 bits per heavy atom. The molecule has 1 N–H and O–H groups in total. The Morgan fingerprint density at radius 2 is 1.76 bits per heavy atom. The van der Waals surface area contributed by atoms with Gasteiger partial charge in [0, 0.05) is 21.7 Å². The van der Waals surface area contributed by atoms with Crippen LogP contribution in [0.15, 0.2) is 42.5 Å². The van der Waals surface area contributed by atoms with Crippen LogP contribution in [0.4, 0.5) is 5.69 Å². The van der Waals surface area contributed by atoms with E-state index in [-0.39, 0.29) is 11.8 Å². The standard InChI is InChI=1S/C19H19Cl2IN2O/c20-17-6-1-13(11-18(17)21)12-24-9-7-14(8-10-24)19(25)23-16-4-2-15(22)3-5-16/h1-6,11,14H,7-10,12H2,(H,23,25). The molecule has 2 aromatic rings. The van der Waals surface area contributed by atoms with Crippen LogP contribution in [-0.2, 0) is 11.3 Å². The minimum absolute atomic E-state index is 0.0735. The minimum atomic E-state index is 0.0735. The number of carbonyl (C=O) groups excluding carboxylic acids is 1. The molecule has 0 aliphatic carbocycles. The number of piperidine rings is 1. The summed E-state index contributed by atoms with van der Waals surface area (Å²) in [5.41, 5.74) is 2.01. The Kier molecular flexibility index (Phi) is 6.61.